The molecule has 0 fully saturated rings. The molecule has 1 aliphatic rings. The van der Waals surface area contributed by atoms with Crippen LogP contribution < -0.4 is 4.31 Å². The fraction of sp³-hybridized carbons (Fsp3) is 0.208. The molecule has 3 aromatic rings. The van der Waals surface area contributed by atoms with Crippen molar-refractivity contribution in [1.82, 2.24) is 0 Å². The van der Waals surface area contributed by atoms with E-state index < -0.39 is 27.7 Å². The van der Waals surface area contributed by atoms with Gasteiger partial charge in [0.25, 0.3) is 10.0 Å². The van der Waals surface area contributed by atoms with Gasteiger partial charge >= 0.3 is 6.18 Å². The van der Waals surface area contributed by atoms with Crippen LogP contribution >= 0.6 is 0 Å². The van der Waals surface area contributed by atoms with Gasteiger partial charge in [0.1, 0.15) is 6.29 Å². The number of sulfonamides is 1. The summed E-state index contributed by atoms with van der Waals surface area (Å²) in [5.74, 6) is -0.463. The Morgan fingerprint density at radius 2 is 1.72 bits per heavy atom. The summed E-state index contributed by atoms with van der Waals surface area (Å²) < 4.78 is 67.4. The Bertz CT molecular complexity index is 1270. The molecule has 0 radical (unpaired) electrons. The third-order valence-corrected chi connectivity index (χ3v) is 7.45. The molecule has 32 heavy (non-hydrogen) atoms. The van der Waals surface area contributed by atoms with E-state index in [0.29, 0.717) is 28.7 Å². The van der Waals surface area contributed by atoms with Gasteiger partial charge in [0, 0.05) is 18.0 Å². The standard InChI is InChI=1S/C24H20F3NO3S/c1-16-8-10-21(11-9-16)32(30,31)28-14-19(23-18(15-29)5-3-7-22(23)28)12-17-4-2-6-20(13-17)24(25,26)27/h2-11,13,15,19H,12,14H2,1H3. The first-order valence-corrected chi connectivity index (χ1v) is 11.4. The Hall–Kier alpha value is -3.13. The summed E-state index contributed by atoms with van der Waals surface area (Å²) in [5.41, 5.74) is 1.83. The lowest BCUT2D eigenvalue weighted by Gasteiger charge is -2.20. The highest BCUT2D eigenvalue weighted by Crippen LogP contribution is 2.43. The molecule has 1 unspecified atom stereocenters. The number of hydrogen-bond donors (Lipinski definition) is 0. The summed E-state index contributed by atoms with van der Waals surface area (Å²) in [5, 5.41) is 0. The van der Waals surface area contributed by atoms with Gasteiger partial charge in [0.2, 0.25) is 0 Å². The Labute approximate surface area is 184 Å². The normalized spacial score (nSPS) is 16.1. The summed E-state index contributed by atoms with van der Waals surface area (Å²) in [6, 6.07) is 16.2. The van der Waals surface area contributed by atoms with Crippen molar-refractivity contribution in [3.63, 3.8) is 0 Å². The second kappa shape index (κ2) is 8.09. The molecule has 0 saturated carbocycles. The molecule has 166 valence electrons. The fourth-order valence-electron chi connectivity index (χ4n) is 4.12. The first-order valence-electron chi connectivity index (χ1n) is 9.95. The molecule has 1 aliphatic heterocycles. The van der Waals surface area contributed by atoms with Gasteiger partial charge in [-0.15, -0.1) is 0 Å². The molecule has 0 N–H and O–H groups in total. The molecule has 0 saturated heterocycles. The van der Waals surface area contributed by atoms with E-state index >= 15 is 0 Å². The zero-order chi connectivity index (χ0) is 23.1. The average molecular weight is 459 g/mol. The van der Waals surface area contributed by atoms with E-state index in [1.165, 1.54) is 22.5 Å². The highest BCUT2D eigenvalue weighted by atomic mass is 32.2. The Balaban J connectivity index is 1.75. The Kier molecular flexibility index (Phi) is 5.58. The van der Waals surface area contributed by atoms with E-state index in [0.717, 1.165) is 17.7 Å². The number of hydrogen-bond acceptors (Lipinski definition) is 3. The molecule has 0 amide bonds. The Morgan fingerprint density at radius 3 is 2.38 bits per heavy atom. The molecule has 0 aliphatic carbocycles. The number of anilines is 1. The van der Waals surface area contributed by atoms with Crippen LogP contribution in [0.4, 0.5) is 18.9 Å². The van der Waals surface area contributed by atoms with Crippen LogP contribution in [0.25, 0.3) is 0 Å². The maximum atomic E-state index is 13.4. The van der Waals surface area contributed by atoms with Crippen molar-refractivity contribution in [1.29, 1.82) is 0 Å². The zero-order valence-electron chi connectivity index (χ0n) is 17.1. The van der Waals surface area contributed by atoms with Crippen LogP contribution in [0.1, 0.15) is 38.5 Å². The highest BCUT2D eigenvalue weighted by molar-refractivity contribution is 7.92. The van der Waals surface area contributed by atoms with Gasteiger partial charge in [-0.3, -0.25) is 9.10 Å². The lowest BCUT2D eigenvalue weighted by Crippen LogP contribution is -2.30. The number of carbonyl (C=O) groups excluding carboxylic acids is 1. The predicted octanol–water partition coefficient (Wildman–Crippen LogP) is 5.36. The minimum atomic E-state index is -4.47. The molecule has 1 atom stereocenters. The van der Waals surface area contributed by atoms with E-state index in [2.05, 4.69) is 0 Å². The first kappa shape index (κ1) is 22.1. The molecule has 0 spiro atoms. The minimum absolute atomic E-state index is 0.0344. The molecule has 8 heteroatoms. The van der Waals surface area contributed by atoms with Crippen LogP contribution in [0.3, 0.4) is 0 Å². The highest BCUT2D eigenvalue weighted by Gasteiger charge is 2.38. The molecule has 0 aromatic heterocycles. The van der Waals surface area contributed by atoms with Crippen LogP contribution in [0, 0.1) is 6.92 Å². The van der Waals surface area contributed by atoms with Gasteiger partial charge in [-0.1, -0.05) is 48.0 Å². The second-order valence-electron chi connectivity index (χ2n) is 7.85. The number of fused-ring (bicyclic) bond motifs is 1. The zero-order valence-corrected chi connectivity index (χ0v) is 18.0. The maximum absolute atomic E-state index is 13.4. The van der Waals surface area contributed by atoms with Crippen LogP contribution in [0.15, 0.2) is 71.6 Å². The van der Waals surface area contributed by atoms with E-state index in [1.807, 2.05) is 6.92 Å². The topological polar surface area (TPSA) is 54.5 Å². The van der Waals surface area contributed by atoms with Gasteiger partial charge < -0.3 is 0 Å². The van der Waals surface area contributed by atoms with E-state index in [-0.39, 0.29) is 17.9 Å². The van der Waals surface area contributed by atoms with E-state index in [4.69, 9.17) is 0 Å². The molecule has 4 nitrogen and oxygen atoms in total. The predicted molar refractivity (Wildman–Crippen MR) is 115 cm³/mol. The van der Waals surface area contributed by atoms with Gasteiger partial charge in [-0.2, -0.15) is 13.2 Å². The van der Waals surface area contributed by atoms with Crippen molar-refractivity contribution in [2.45, 2.75) is 30.3 Å². The van der Waals surface area contributed by atoms with Crippen LogP contribution in [0.2, 0.25) is 0 Å². The van der Waals surface area contributed by atoms with Gasteiger partial charge in [-0.25, -0.2) is 8.42 Å². The number of nitrogens with zero attached hydrogens (tertiary/aromatic N) is 1. The van der Waals surface area contributed by atoms with Crippen molar-refractivity contribution in [3.05, 3.63) is 94.5 Å². The fourth-order valence-corrected chi connectivity index (χ4v) is 5.64. The van der Waals surface area contributed by atoms with Gasteiger partial charge in [0.15, 0.2) is 0 Å². The molecular weight excluding hydrogens is 439 g/mol. The summed E-state index contributed by atoms with van der Waals surface area (Å²) in [6.45, 7) is 1.88. The van der Waals surface area contributed by atoms with Crippen LogP contribution in [-0.4, -0.2) is 21.2 Å². The lowest BCUT2D eigenvalue weighted by atomic mass is 9.90. The average Bonchev–Trinajstić information content (AvgIpc) is 3.13. The number of aryl methyl sites for hydroxylation is 1. The van der Waals surface area contributed by atoms with E-state index in [1.54, 1.807) is 36.4 Å². The van der Waals surface area contributed by atoms with Crippen LogP contribution in [-0.2, 0) is 22.6 Å². The molecule has 4 rings (SSSR count). The molecule has 0 bridgehead atoms. The van der Waals surface area contributed by atoms with Gasteiger partial charge in [-0.05, 0) is 48.7 Å². The maximum Gasteiger partial charge on any atom is 0.416 e. The summed E-state index contributed by atoms with van der Waals surface area (Å²) in [4.78, 5) is 11.8. The van der Waals surface area contributed by atoms with Crippen molar-refractivity contribution < 1.29 is 26.4 Å². The summed E-state index contributed by atoms with van der Waals surface area (Å²) in [7, 11) is -3.91. The SMILES string of the molecule is Cc1ccc(S(=O)(=O)N2CC(Cc3cccc(C(F)(F)F)c3)c3c(C=O)cccc32)cc1. The van der Waals surface area contributed by atoms with Crippen molar-refractivity contribution in [3.8, 4) is 0 Å². The quantitative estimate of drug-likeness (QED) is 0.483. The minimum Gasteiger partial charge on any atom is -0.298 e. The molecule has 1 heterocycles. The number of rotatable bonds is 5. The van der Waals surface area contributed by atoms with Crippen molar-refractivity contribution in [2.24, 2.45) is 0 Å². The largest absolute Gasteiger partial charge is 0.416 e. The summed E-state index contributed by atoms with van der Waals surface area (Å²) >= 11 is 0. The molecule has 3 aromatic carbocycles. The number of benzene rings is 3. The third kappa shape index (κ3) is 4.02. The van der Waals surface area contributed by atoms with Crippen molar-refractivity contribution >= 4 is 22.0 Å². The Morgan fingerprint density at radius 1 is 1.03 bits per heavy atom. The lowest BCUT2D eigenvalue weighted by molar-refractivity contribution is -0.137. The van der Waals surface area contributed by atoms with Crippen molar-refractivity contribution in [2.75, 3.05) is 10.8 Å². The molecular formula is C24H20F3NO3S. The summed E-state index contributed by atoms with van der Waals surface area (Å²) in [6.07, 6.45) is -3.65. The van der Waals surface area contributed by atoms with Crippen LogP contribution in [0.5, 0.6) is 0 Å². The third-order valence-electron chi connectivity index (χ3n) is 5.65. The second-order valence-corrected chi connectivity index (χ2v) is 9.71. The van der Waals surface area contributed by atoms with Gasteiger partial charge in [0.05, 0.1) is 16.1 Å². The first-order chi connectivity index (χ1) is 15.1. The number of halogens is 3. The number of alkyl halides is 3. The monoisotopic (exact) mass is 459 g/mol. The van der Waals surface area contributed by atoms with E-state index in [9.17, 15) is 26.4 Å². The smallest absolute Gasteiger partial charge is 0.298 e. The number of aldehydes is 1. The number of carbonyl (C=O) groups is 1.